The Balaban J connectivity index is 0.805. The smallest absolute Gasteiger partial charge is 0.349 e. The van der Waals surface area contributed by atoms with Gasteiger partial charge in [-0.1, -0.05) is 35.6 Å². The second-order valence-electron chi connectivity index (χ2n) is 14.3. The number of thiophene rings is 2. The molecule has 2 aliphatic heterocycles. The van der Waals surface area contributed by atoms with E-state index in [-0.39, 0.29) is 28.3 Å². The largest absolute Gasteiger partial charge is 0.506 e. The molecule has 5 N–H and O–H groups in total. The van der Waals surface area contributed by atoms with Crippen molar-refractivity contribution in [3.63, 3.8) is 0 Å². The molecule has 6 heterocycles. The third-order valence-electron chi connectivity index (χ3n) is 10.8. The van der Waals surface area contributed by atoms with Crippen molar-refractivity contribution in [3.05, 3.63) is 118 Å². The van der Waals surface area contributed by atoms with E-state index in [0.717, 1.165) is 54.7 Å². The van der Waals surface area contributed by atoms with E-state index in [0.29, 0.717) is 52.3 Å². The second-order valence-corrected chi connectivity index (χ2v) is 17.2. The van der Waals surface area contributed by atoms with Gasteiger partial charge in [0.15, 0.2) is 0 Å². The summed E-state index contributed by atoms with van der Waals surface area (Å²) in [6.07, 6.45) is 1.78. The SMILES string of the molecule is O=C(OC1COC2(CCN(CCCn3c(=O)sc4cc(CNC[C@H](O)c5ccc(O)c6[nH]c(=O)ccc56)ccc43)CC2)C1)C(O)(c1cccs1)c1cccs1. The maximum absolute atomic E-state index is 13.5. The maximum atomic E-state index is 13.5. The summed E-state index contributed by atoms with van der Waals surface area (Å²) >= 11 is 3.89. The number of pyridine rings is 1. The Morgan fingerprint density at radius 3 is 2.53 bits per heavy atom. The van der Waals surface area contributed by atoms with E-state index in [9.17, 15) is 29.7 Å². The molecule has 0 aliphatic carbocycles. The van der Waals surface area contributed by atoms with Crippen molar-refractivity contribution in [2.45, 2.75) is 62.2 Å². The molecule has 1 unspecified atom stereocenters. The number of fused-ring (bicyclic) bond motifs is 2. The molecule has 2 saturated heterocycles. The van der Waals surface area contributed by atoms with Crippen LogP contribution < -0.4 is 15.7 Å². The van der Waals surface area contributed by atoms with Gasteiger partial charge in [-0.2, -0.15) is 0 Å². The number of phenols is 1. The van der Waals surface area contributed by atoms with Crippen LogP contribution in [0.1, 0.15) is 52.7 Å². The highest BCUT2D eigenvalue weighted by molar-refractivity contribution is 7.16. The van der Waals surface area contributed by atoms with Crippen molar-refractivity contribution < 1.29 is 29.6 Å². The molecule has 288 valence electrons. The highest BCUT2D eigenvalue weighted by atomic mass is 32.1. The molecule has 0 saturated carbocycles. The predicted molar refractivity (Wildman–Crippen MR) is 214 cm³/mol. The standard InChI is InChI=1S/C40H42N4O8S3/c45-30-10-7-27(28-8-11-35(47)42-36(28)30)31(46)23-41-22-25-6-9-29-32(20-25)55-38(49)44(29)15-3-14-43-16-12-39(13-17-43)21-26(24-51-39)52-37(48)40(50,33-4-1-18-53-33)34-5-2-19-54-34/h1-2,4-11,18-20,26,31,41,45-46,50H,3,12-17,21-24H2,(H,42,47)/t26?,31-/m0/s1. The lowest BCUT2D eigenvalue weighted by atomic mass is 9.88. The van der Waals surface area contributed by atoms with Crippen molar-refractivity contribution in [3.8, 4) is 5.75 Å². The number of H-pyrrole nitrogens is 1. The van der Waals surface area contributed by atoms with Gasteiger partial charge in [0, 0.05) is 50.6 Å². The van der Waals surface area contributed by atoms with Gasteiger partial charge in [-0.3, -0.25) is 14.2 Å². The molecule has 6 aromatic rings. The van der Waals surface area contributed by atoms with Crippen molar-refractivity contribution in [1.29, 1.82) is 0 Å². The van der Waals surface area contributed by atoms with Gasteiger partial charge < -0.3 is 40.0 Å². The summed E-state index contributed by atoms with van der Waals surface area (Å²) in [5.74, 6) is -0.719. The van der Waals surface area contributed by atoms with Crippen molar-refractivity contribution >= 4 is 61.1 Å². The molecule has 1 spiro atoms. The monoisotopic (exact) mass is 802 g/mol. The molecule has 0 amide bonds. The molecule has 0 radical (unpaired) electrons. The minimum absolute atomic E-state index is 0.00961. The van der Waals surface area contributed by atoms with Crippen molar-refractivity contribution in [2.75, 3.05) is 32.8 Å². The molecule has 15 heteroatoms. The Kier molecular flexibility index (Phi) is 10.8. The van der Waals surface area contributed by atoms with Crippen LogP contribution in [-0.2, 0) is 33.0 Å². The summed E-state index contributed by atoms with van der Waals surface area (Å²) < 4.78 is 15.0. The van der Waals surface area contributed by atoms with Crippen LogP contribution in [0.4, 0.5) is 0 Å². The average Bonchev–Trinajstić information content (AvgIpc) is 4.02. The highest BCUT2D eigenvalue weighted by Crippen LogP contribution is 2.41. The zero-order valence-electron chi connectivity index (χ0n) is 29.9. The zero-order chi connectivity index (χ0) is 38.2. The number of aliphatic hydroxyl groups is 2. The third kappa shape index (κ3) is 7.67. The van der Waals surface area contributed by atoms with E-state index in [2.05, 4.69) is 15.2 Å². The van der Waals surface area contributed by atoms with Crippen LogP contribution in [0.2, 0.25) is 0 Å². The van der Waals surface area contributed by atoms with Crippen molar-refractivity contribution in [1.82, 2.24) is 19.8 Å². The number of carbonyl (C=O) groups excluding carboxylic acids is 1. The number of benzene rings is 2. The van der Waals surface area contributed by atoms with E-state index >= 15 is 0 Å². The topological polar surface area (TPSA) is 166 Å². The fourth-order valence-corrected chi connectivity index (χ4v) is 10.5. The summed E-state index contributed by atoms with van der Waals surface area (Å²) in [4.78, 5) is 44.3. The van der Waals surface area contributed by atoms with Crippen LogP contribution in [-0.4, -0.2) is 80.2 Å². The number of nitrogens with one attached hydrogen (secondary N) is 2. The first-order chi connectivity index (χ1) is 26.6. The Labute approximate surface area is 328 Å². The van der Waals surface area contributed by atoms with Crippen LogP contribution in [0.15, 0.2) is 87.1 Å². The number of thiazole rings is 1. The van der Waals surface area contributed by atoms with Gasteiger partial charge in [-0.25, -0.2) is 4.79 Å². The van der Waals surface area contributed by atoms with Crippen LogP contribution in [0.25, 0.3) is 21.1 Å². The predicted octanol–water partition coefficient (Wildman–Crippen LogP) is 5.05. The summed E-state index contributed by atoms with van der Waals surface area (Å²) in [6.45, 7) is 4.21. The van der Waals surface area contributed by atoms with Gasteiger partial charge in [0.25, 0.3) is 0 Å². The Bertz CT molecular complexity index is 2360. The molecular formula is C40H42N4O8S3. The number of aliphatic hydroxyl groups excluding tert-OH is 1. The number of esters is 1. The summed E-state index contributed by atoms with van der Waals surface area (Å²) in [6, 6.07) is 19.2. The van der Waals surface area contributed by atoms with E-state index in [4.69, 9.17) is 9.47 Å². The number of nitrogens with zero attached hydrogens (tertiary/aromatic N) is 2. The number of hydrogen-bond acceptors (Lipinski definition) is 13. The number of piperidine rings is 1. The molecule has 2 aliphatic rings. The quantitative estimate of drug-likeness (QED) is 0.0999. The molecule has 2 aromatic carbocycles. The molecule has 2 fully saturated rings. The number of ether oxygens (including phenoxy) is 2. The number of aromatic hydroxyl groups is 1. The number of aromatic nitrogens is 2. The maximum Gasteiger partial charge on any atom is 0.349 e. The first kappa shape index (κ1) is 37.7. The number of rotatable bonds is 13. The number of carbonyl (C=O) groups is 1. The Morgan fingerprint density at radius 1 is 1.04 bits per heavy atom. The summed E-state index contributed by atoms with van der Waals surface area (Å²) in [7, 11) is 0. The lowest BCUT2D eigenvalue weighted by Gasteiger charge is -2.38. The van der Waals surface area contributed by atoms with Gasteiger partial charge >= 0.3 is 10.8 Å². The Hall–Kier alpha value is -4.19. The summed E-state index contributed by atoms with van der Waals surface area (Å²) in [5.41, 5.74) is 0.274. The highest BCUT2D eigenvalue weighted by Gasteiger charge is 2.48. The molecule has 55 heavy (non-hydrogen) atoms. The molecule has 0 bridgehead atoms. The number of aromatic amines is 1. The minimum Gasteiger partial charge on any atom is -0.506 e. The van der Waals surface area contributed by atoms with Crippen LogP contribution in [0.5, 0.6) is 5.75 Å². The first-order valence-electron chi connectivity index (χ1n) is 18.4. The molecular weight excluding hydrogens is 761 g/mol. The second kappa shape index (κ2) is 15.7. The fraction of sp³-hybridized carbons (Fsp3) is 0.375. The van der Waals surface area contributed by atoms with E-state index in [1.54, 1.807) is 24.3 Å². The van der Waals surface area contributed by atoms with E-state index in [1.807, 2.05) is 45.7 Å². The van der Waals surface area contributed by atoms with Gasteiger partial charge in [0.05, 0.1) is 43.8 Å². The molecule has 4 aromatic heterocycles. The van der Waals surface area contributed by atoms with Crippen LogP contribution in [0, 0.1) is 0 Å². The van der Waals surface area contributed by atoms with Crippen LogP contribution >= 0.6 is 34.0 Å². The summed E-state index contributed by atoms with van der Waals surface area (Å²) in [5, 5.41) is 40.2. The van der Waals surface area contributed by atoms with Crippen LogP contribution in [0.3, 0.4) is 0 Å². The number of hydrogen-bond donors (Lipinski definition) is 5. The third-order valence-corrected chi connectivity index (χ3v) is 13.7. The van der Waals surface area contributed by atoms with Crippen molar-refractivity contribution in [2.24, 2.45) is 0 Å². The fourth-order valence-electron chi connectivity index (χ4n) is 7.84. The molecule has 12 nitrogen and oxygen atoms in total. The normalized spacial score (nSPS) is 18.0. The van der Waals surface area contributed by atoms with Gasteiger partial charge in [-0.05, 0) is 84.1 Å². The number of likely N-dealkylation sites (tertiary alicyclic amines) is 1. The lowest BCUT2D eigenvalue weighted by Crippen LogP contribution is -2.45. The Morgan fingerprint density at radius 2 is 1.80 bits per heavy atom. The number of aryl methyl sites for hydroxylation is 1. The zero-order valence-corrected chi connectivity index (χ0v) is 32.4. The minimum atomic E-state index is -1.83. The first-order valence-corrected chi connectivity index (χ1v) is 20.9. The molecule has 2 atom stereocenters. The number of phenolic OH excluding ortho intramolecular Hbond substituents is 1. The molecule has 8 rings (SSSR count). The van der Waals surface area contributed by atoms with Gasteiger partial charge in [-0.15, -0.1) is 22.7 Å². The lowest BCUT2D eigenvalue weighted by molar-refractivity contribution is -0.167. The van der Waals surface area contributed by atoms with Gasteiger partial charge in [0.2, 0.25) is 11.2 Å². The average molecular weight is 803 g/mol. The van der Waals surface area contributed by atoms with E-state index < -0.39 is 23.8 Å². The van der Waals surface area contributed by atoms with Gasteiger partial charge in [0.1, 0.15) is 11.9 Å². The van der Waals surface area contributed by atoms with E-state index in [1.165, 1.54) is 46.1 Å².